The fourth-order valence-corrected chi connectivity index (χ4v) is 6.72. The molecule has 3 atom stereocenters. The number of quaternary nitrogens is 1. The zero-order chi connectivity index (χ0) is 49.2. The van der Waals surface area contributed by atoms with E-state index in [1.807, 2.05) is 27.2 Å². The first-order valence-electron chi connectivity index (χ1n) is 25.3. The highest BCUT2D eigenvalue weighted by Gasteiger charge is 2.23. The number of aliphatic hydroxyl groups is 1. The normalized spacial score (nSPS) is 15.4. The van der Waals surface area contributed by atoms with Gasteiger partial charge in [-0.3, -0.25) is 9.36 Å². The summed E-state index contributed by atoms with van der Waals surface area (Å²) in [7, 11) is 1.21. The van der Waals surface area contributed by atoms with Gasteiger partial charge in [0.25, 0.3) is 7.82 Å². The summed E-state index contributed by atoms with van der Waals surface area (Å²) in [6.45, 7) is 4.30. The fraction of sp³-hybridized carbons (Fsp3) is 0.534. The second-order valence-electron chi connectivity index (χ2n) is 17.4. The Balaban J connectivity index is 4.01. The van der Waals surface area contributed by atoms with Crippen LogP contribution in [-0.2, 0) is 18.4 Å². The van der Waals surface area contributed by atoms with Crippen molar-refractivity contribution in [3.05, 3.63) is 158 Å². The molecule has 9 heteroatoms. The molecular weight excluding hydrogens is 852 g/mol. The predicted molar refractivity (Wildman–Crippen MR) is 287 cm³/mol. The maximum atomic E-state index is 12.7. The highest BCUT2D eigenvalue weighted by atomic mass is 31.2. The molecule has 0 aromatic heterocycles. The van der Waals surface area contributed by atoms with Crippen LogP contribution < -0.4 is 10.2 Å². The second-order valence-corrected chi connectivity index (χ2v) is 18.8. The number of allylic oxidation sites excluding steroid dienone is 25. The number of rotatable bonds is 43. The number of phosphoric ester groups is 1. The minimum atomic E-state index is -4.59. The van der Waals surface area contributed by atoms with Crippen molar-refractivity contribution < 1.29 is 32.9 Å². The highest BCUT2D eigenvalue weighted by Crippen LogP contribution is 2.38. The van der Waals surface area contributed by atoms with Crippen LogP contribution in [0.1, 0.15) is 149 Å². The first kappa shape index (κ1) is 63.1. The molecule has 0 aliphatic heterocycles. The van der Waals surface area contributed by atoms with Crippen molar-refractivity contribution in [1.82, 2.24) is 5.32 Å². The Labute approximate surface area is 410 Å². The highest BCUT2D eigenvalue weighted by molar-refractivity contribution is 7.45. The third-order valence-corrected chi connectivity index (χ3v) is 11.0. The summed E-state index contributed by atoms with van der Waals surface area (Å²) < 4.78 is 22.9. The van der Waals surface area contributed by atoms with Gasteiger partial charge in [0.15, 0.2) is 0 Å². The Kier molecular flexibility index (Phi) is 44.5. The number of hydrogen-bond acceptors (Lipinski definition) is 6. The van der Waals surface area contributed by atoms with Gasteiger partial charge in [-0.2, -0.15) is 0 Å². The number of hydrogen-bond donors (Lipinski definition) is 2. The summed E-state index contributed by atoms with van der Waals surface area (Å²) in [5.74, 6) is -0.240. The van der Waals surface area contributed by atoms with Crippen LogP contribution in [0.5, 0.6) is 0 Å². The van der Waals surface area contributed by atoms with Gasteiger partial charge >= 0.3 is 0 Å². The van der Waals surface area contributed by atoms with Gasteiger partial charge < -0.3 is 28.8 Å². The van der Waals surface area contributed by atoms with Crippen molar-refractivity contribution in [2.75, 3.05) is 40.9 Å². The van der Waals surface area contributed by atoms with Gasteiger partial charge in [-0.1, -0.05) is 198 Å². The number of likely N-dealkylation sites (N-methyl/N-ethyl adjacent to an activating group) is 1. The zero-order valence-electron chi connectivity index (χ0n) is 42.5. The number of carbonyl (C=O) groups is 1. The molecule has 67 heavy (non-hydrogen) atoms. The van der Waals surface area contributed by atoms with Gasteiger partial charge in [0.2, 0.25) is 5.91 Å². The van der Waals surface area contributed by atoms with E-state index in [1.54, 1.807) is 6.08 Å². The average molecular weight is 945 g/mol. The van der Waals surface area contributed by atoms with Crippen LogP contribution >= 0.6 is 7.82 Å². The van der Waals surface area contributed by atoms with Crippen molar-refractivity contribution >= 4 is 13.7 Å². The molecule has 0 heterocycles. The Hall–Kier alpha value is -3.88. The van der Waals surface area contributed by atoms with E-state index >= 15 is 0 Å². The Morgan fingerprint density at radius 2 is 0.910 bits per heavy atom. The quantitative estimate of drug-likeness (QED) is 0.0273. The summed E-state index contributed by atoms with van der Waals surface area (Å²) in [4.78, 5) is 25.0. The molecule has 0 saturated carbocycles. The van der Waals surface area contributed by atoms with E-state index in [-0.39, 0.29) is 12.5 Å². The summed E-state index contributed by atoms with van der Waals surface area (Å²) in [5, 5.41) is 13.5. The van der Waals surface area contributed by atoms with Crippen LogP contribution in [0.15, 0.2) is 158 Å². The number of unbranched alkanes of at least 4 members (excludes halogenated alkanes) is 6. The third kappa shape index (κ3) is 49.8. The number of phosphoric acid groups is 1. The van der Waals surface area contributed by atoms with Crippen molar-refractivity contribution in [2.45, 2.75) is 161 Å². The molecule has 0 bridgehead atoms. The van der Waals surface area contributed by atoms with E-state index in [4.69, 9.17) is 9.05 Å². The van der Waals surface area contributed by atoms with E-state index in [1.165, 1.54) is 0 Å². The largest absolute Gasteiger partial charge is 0.756 e. The van der Waals surface area contributed by atoms with Crippen molar-refractivity contribution in [1.29, 1.82) is 0 Å². The van der Waals surface area contributed by atoms with E-state index < -0.39 is 26.6 Å². The molecule has 8 nitrogen and oxygen atoms in total. The summed E-state index contributed by atoms with van der Waals surface area (Å²) in [6, 6.07) is -0.907. The fourth-order valence-electron chi connectivity index (χ4n) is 6.00. The molecule has 376 valence electrons. The Bertz CT molecular complexity index is 1640. The van der Waals surface area contributed by atoms with E-state index in [0.29, 0.717) is 23.9 Å². The lowest BCUT2D eigenvalue weighted by Crippen LogP contribution is -2.45. The summed E-state index contributed by atoms with van der Waals surface area (Å²) in [5.41, 5.74) is 0. The molecule has 3 unspecified atom stereocenters. The molecule has 1 amide bonds. The lowest BCUT2D eigenvalue weighted by molar-refractivity contribution is -0.870. The number of aliphatic hydroxyl groups excluding tert-OH is 1. The van der Waals surface area contributed by atoms with Gasteiger partial charge in [-0.25, -0.2) is 0 Å². The van der Waals surface area contributed by atoms with Gasteiger partial charge in [-0.05, 0) is 103 Å². The zero-order valence-corrected chi connectivity index (χ0v) is 43.4. The van der Waals surface area contributed by atoms with Gasteiger partial charge in [0.05, 0.1) is 39.9 Å². The van der Waals surface area contributed by atoms with E-state index in [2.05, 4.69) is 165 Å². The van der Waals surface area contributed by atoms with Crippen LogP contribution in [0.2, 0.25) is 0 Å². The Morgan fingerprint density at radius 3 is 1.30 bits per heavy atom. The maximum Gasteiger partial charge on any atom is 0.268 e. The number of nitrogens with one attached hydrogen (secondary N) is 1. The van der Waals surface area contributed by atoms with Crippen molar-refractivity contribution in [3.8, 4) is 0 Å². The Morgan fingerprint density at radius 1 is 0.537 bits per heavy atom. The monoisotopic (exact) mass is 945 g/mol. The predicted octanol–water partition coefficient (Wildman–Crippen LogP) is 14.5. The minimum absolute atomic E-state index is 0.0165. The lowest BCUT2D eigenvalue weighted by Gasteiger charge is -2.29. The molecule has 0 saturated heterocycles. The first-order chi connectivity index (χ1) is 32.5. The summed E-state index contributed by atoms with van der Waals surface area (Å²) in [6.07, 6.45) is 75.3. The third-order valence-electron chi connectivity index (χ3n) is 9.99. The van der Waals surface area contributed by atoms with Crippen molar-refractivity contribution in [3.63, 3.8) is 0 Å². The molecule has 0 aromatic rings. The molecular formula is C58H93N2O6P. The average Bonchev–Trinajstić information content (AvgIpc) is 3.29. The standard InChI is InChI=1S/C58H93N2O6P/c1-6-8-10-12-13-14-15-16-17-18-19-20-21-22-23-24-25-26-27-28-29-30-31-32-33-34-35-36-37-38-39-40-41-42-43-44-45-46-47-48-50-52-58(62)59-56(57(61)51-49-11-9-7-2)55-66-67(63,64)65-54-53-60(3,4)5/h8,10,13-14,16-17,19-20,22-23,25-26,28-29,31-32,34-35,37-38,40-41,43-44,49,51,56-57,61H,6-7,9,11-12,15,18,21,24,27,30,33,36,39,42,45-48,50,52-55H2,1-5H3,(H-,59,62,63,64)/b10-8-,14-13-,17-16-,20-19-,23-22-,26-25-,29-28-,32-31-,35-34-,38-37-,41-40-,44-43-,51-49+. The number of amides is 1. The molecule has 0 spiro atoms. The van der Waals surface area contributed by atoms with Gasteiger partial charge in [0, 0.05) is 6.42 Å². The number of nitrogens with zero attached hydrogens (tertiary/aromatic N) is 1. The van der Waals surface area contributed by atoms with E-state index in [0.717, 1.165) is 122 Å². The molecule has 0 aliphatic carbocycles. The van der Waals surface area contributed by atoms with Crippen LogP contribution in [0.25, 0.3) is 0 Å². The smallest absolute Gasteiger partial charge is 0.268 e. The molecule has 0 radical (unpaired) electrons. The molecule has 0 aromatic carbocycles. The second kappa shape index (κ2) is 47.2. The molecule has 2 N–H and O–H groups in total. The van der Waals surface area contributed by atoms with Crippen molar-refractivity contribution in [2.24, 2.45) is 0 Å². The first-order valence-corrected chi connectivity index (χ1v) is 26.8. The number of carbonyl (C=O) groups excluding carboxylic acids is 1. The van der Waals surface area contributed by atoms with Crippen LogP contribution in [-0.4, -0.2) is 68.5 Å². The van der Waals surface area contributed by atoms with Crippen LogP contribution in [0.4, 0.5) is 0 Å². The minimum Gasteiger partial charge on any atom is -0.756 e. The van der Waals surface area contributed by atoms with Gasteiger partial charge in [-0.15, -0.1) is 0 Å². The van der Waals surface area contributed by atoms with Gasteiger partial charge in [0.1, 0.15) is 13.2 Å². The summed E-state index contributed by atoms with van der Waals surface area (Å²) >= 11 is 0. The molecule has 0 rings (SSSR count). The molecule has 0 fully saturated rings. The SMILES string of the molecule is CC/C=C\C/C=C\C/C=C\C/C=C\C/C=C\C/C=C\C/C=C\C/C=C\C/C=C\C/C=C\C/C=C\C/C=C\CCCCCCC(=O)NC(COP(=O)([O-])OCC[N+](C)(C)C)C(O)/C=C/CCCC. The van der Waals surface area contributed by atoms with E-state index in [9.17, 15) is 19.4 Å². The van der Waals surface area contributed by atoms with Crippen LogP contribution in [0, 0.1) is 0 Å². The molecule has 0 aliphatic rings. The maximum absolute atomic E-state index is 12.7. The van der Waals surface area contributed by atoms with Crippen LogP contribution in [0.3, 0.4) is 0 Å². The topological polar surface area (TPSA) is 108 Å². The lowest BCUT2D eigenvalue weighted by atomic mass is 10.1.